The summed E-state index contributed by atoms with van der Waals surface area (Å²) in [6.45, 7) is 5.15. The van der Waals surface area contributed by atoms with E-state index in [0.29, 0.717) is 18.5 Å². The minimum atomic E-state index is -3.85. The van der Waals surface area contributed by atoms with Crippen molar-refractivity contribution in [2.45, 2.75) is 44.0 Å². The number of aryl methyl sites for hydroxylation is 1. The van der Waals surface area contributed by atoms with E-state index in [4.69, 9.17) is 10.5 Å². The molecule has 0 aliphatic heterocycles. The van der Waals surface area contributed by atoms with Crippen LogP contribution in [0.3, 0.4) is 0 Å². The minimum Gasteiger partial charge on any atom is -0.495 e. The van der Waals surface area contributed by atoms with E-state index < -0.39 is 15.6 Å². The van der Waals surface area contributed by atoms with Gasteiger partial charge in [-0.2, -0.15) is 0 Å². The molecule has 6 nitrogen and oxygen atoms in total. The van der Waals surface area contributed by atoms with Crippen LogP contribution in [0.1, 0.15) is 32.3 Å². The molecule has 0 atom stereocenters. The highest BCUT2D eigenvalue weighted by Gasteiger charge is 2.33. The lowest BCUT2D eigenvalue weighted by Crippen LogP contribution is -2.50. The molecule has 7 heteroatoms. The van der Waals surface area contributed by atoms with Gasteiger partial charge in [0.1, 0.15) is 10.6 Å². The number of nitrogens with one attached hydrogen (secondary N) is 1. The Hall–Kier alpha value is -1.31. The zero-order valence-electron chi connectivity index (χ0n) is 12.9. The van der Waals surface area contributed by atoms with Crippen LogP contribution in [0.25, 0.3) is 0 Å². The van der Waals surface area contributed by atoms with E-state index in [1.807, 2.05) is 13.8 Å². The van der Waals surface area contributed by atoms with Crippen LogP contribution >= 0.6 is 0 Å². The third kappa shape index (κ3) is 3.66. The monoisotopic (exact) mass is 316 g/mol. The maximum atomic E-state index is 12.6. The molecule has 0 heterocycles. The predicted octanol–water partition coefficient (Wildman–Crippen LogP) is 1.42. The lowest BCUT2D eigenvalue weighted by Gasteiger charge is -2.30. The summed E-state index contributed by atoms with van der Waals surface area (Å²) in [5.41, 5.74) is 6.03. The second-order valence-corrected chi connectivity index (χ2v) is 6.76. The Morgan fingerprint density at radius 3 is 2.33 bits per heavy atom. The molecule has 1 aromatic rings. The van der Waals surface area contributed by atoms with Gasteiger partial charge in [-0.3, -0.25) is 0 Å². The van der Waals surface area contributed by atoms with Gasteiger partial charge in [-0.1, -0.05) is 13.8 Å². The van der Waals surface area contributed by atoms with Crippen LogP contribution in [0, 0.1) is 6.92 Å². The number of hydrogen-bond donors (Lipinski definition) is 3. The molecule has 0 spiro atoms. The summed E-state index contributed by atoms with van der Waals surface area (Å²) in [4.78, 5) is -0.0205. The van der Waals surface area contributed by atoms with Crippen molar-refractivity contribution in [2.24, 2.45) is 0 Å². The number of aliphatic hydroxyl groups is 1. The van der Waals surface area contributed by atoms with Crippen molar-refractivity contribution in [1.29, 1.82) is 0 Å². The molecule has 0 unspecified atom stereocenters. The van der Waals surface area contributed by atoms with Crippen LogP contribution in [-0.4, -0.2) is 32.8 Å². The van der Waals surface area contributed by atoms with Crippen LogP contribution < -0.4 is 15.2 Å². The van der Waals surface area contributed by atoms with Crippen molar-refractivity contribution < 1.29 is 18.3 Å². The SMILES string of the molecule is CCC(CC)(CO)NS(=O)(=O)c1cc(N)c(C)cc1OC. The number of benzene rings is 1. The first kappa shape index (κ1) is 17.7. The summed E-state index contributed by atoms with van der Waals surface area (Å²) < 4.78 is 32.9. The standard InChI is InChI=1S/C14H24N2O4S/c1-5-14(6-2,9-17)16-21(18,19)13-8-11(15)10(3)7-12(13)20-4/h7-8,16-17H,5-6,9,15H2,1-4H3. The summed E-state index contributed by atoms with van der Waals surface area (Å²) in [6.07, 6.45) is 0.950. The number of aliphatic hydroxyl groups excluding tert-OH is 1. The fraction of sp³-hybridized carbons (Fsp3) is 0.571. The summed E-state index contributed by atoms with van der Waals surface area (Å²) in [5.74, 6) is 0.230. The lowest BCUT2D eigenvalue weighted by atomic mass is 9.96. The third-order valence-corrected chi connectivity index (χ3v) is 5.45. The van der Waals surface area contributed by atoms with Crippen molar-refractivity contribution in [2.75, 3.05) is 19.5 Å². The van der Waals surface area contributed by atoms with Gasteiger partial charge in [-0.05, 0) is 37.5 Å². The topological polar surface area (TPSA) is 102 Å². The van der Waals surface area contributed by atoms with Crippen molar-refractivity contribution in [3.8, 4) is 5.75 Å². The van der Waals surface area contributed by atoms with Crippen LogP contribution in [0.4, 0.5) is 5.69 Å². The zero-order chi connectivity index (χ0) is 16.3. The van der Waals surface area contributed by atoms with E-state index in [-0.39, 0.29) is 17.3 Å². The highest BCUT2D eigenvalue weighted by Crippen LogP contribution is 2.30. The molecule has 0 fully saturated rings. The molecule has 0 saturated heterocycles. The largest absolute Gasteiger partial charge is 0.495 e. The van der Waals surface area contributed by atoms with E-state index in [1.54, 1.807) is 13.0 Å². The van der Waals surface area contributed by atoms with Gasteiger partial charge in [-0.15, -0.1) is 0 Å². The van der Waals surface area contributed by atoms with Gasteiger partial charge >= 0.3 is 0 Å². The highest BCUT2D eigenvalue weighted by atomic mass is 32.2. The predicted molar refractivity (Wildman–Crippen MR) is 82.9 cm³/mol. The van der Waals surface area contributed by atoms with Crippen molar-refractivity contribution >= 4 is 15.7 Å². The molecule has 0 aromatic heterocycles. The van der Waals surface area contributed by atoms with Gasteiger partial charge in [0.2, 0.25) is 10.0 Å². The third-order valence-electron chi connectivity index (χ3n) is 3.85. The molecule has 1 aromatic carbocycles. The first-order valence-corrected chi connectivity index (χ1v) is 8.32. The number of methoxy groups -OCH3 is 1. The Morgan fingerprint density at radius 1 is 1.33 bits per heavy atom. The fourth-order valence-electron chi connectivity index (χ4n) is 2.04. The maximum absolute atomic E-state index is 12.6. The van der Waals surface area contributed by atoms with Gasteiger partial charge in [0.05, 0.1) is 19.3 Å². The van der Waals surface area contributed by atoms with Crippen LogP contribution in [0.5, 0.6) is 5.75 Å². The lowest BCUT2D eigenvalue weighted by molar-refractivity contribution is 0.172. The molecular weight excluding hydrogens is 292 g/mol. The Morgan fingerprint density at radius 2 is 1.90 bits per heavy atom. The molecule has 0 radical (unpaired) electrons. The van der Waals surface area contributed by atoms with Gasteiger partial charge in [0.25, 0.3) is 0 Å². The summed E-state index contributed by atoms with van der Waals surface area (Å²) in [7, 11) is -2.45. The normalized spacial score (nSPS) is 12.4. The summed E-state index contributed by atoms with van der Waals surface area (Å²) in [6, 6.07) is 2.96. The Bertz CT molecular complexity index is 587. The molecule has 0 aliphatic carbocycles. The Labute approximate surface area is 126 Å². The summed E-state index contributed by atoms with van der Waals surface area (Å²) >= 11 is 0. The molecule has 120 valence electrons. The van der Waals surface area contributed by atoms with Crippen molar-refractivity contribution in [3.05, 3.63) is 17.7 Å². The number of ether oxygens (including phenoxy) is 1. The summed E-state index contributed by atoms with van der Waals surface area (Å²) in [5, 5.41) is 9.53. The highest BCUT2D eigenvalue weighted by molar-refractivity contribution is 7.89. The molecular formula is C14H24N2O4S. The molecule has 1 rings (SSSR count). The Balaban J connectivity index is 3.34. The number of hydrogen-bond acceptors (Lipinski definition) is 5. The smallest absolute Gasteiger partial charge is 0.244 e. The van der Waals surface area contributed by atoms with Gasteiger partial charge < -0.3 is 15.6 Å². The van der Waals surface area contributed by atoms with Crippen LogP contribution in [0.2, 0.25) is 0 Å². The number of sulfonamides is 1. The molecule has 0 saturated carbocycles. The second-order valence-electron chi connectivity index (χ2n) is 5.11. The fourth-order valence-corrected chi connectivity index (χ4v) is 3.76. The molecule has 0 bridgehead atoms. The van der Waals surface area contributed by atoms with Crippen molar-refractivity contribution in [1.82, 2.24) is 4.72 Å². The number of nitrogen functional groups attached to an aromatic ring is 1. The van der Waals surface area contributed by atoms with E-state index in [1.165, 1.54) is 13.2 Å². The number of nitrogens with two attached hydrogens (primary N) is 1. The first-order valence-electron chi connectivity index (χ1n) is 6.84. The van der Waals surface area contributed by atoms with Crippen molar-refractivity contribution in [3.63, 3.8) is 0 Å². The average Bonchev–Trinajstić information content (AvgIpc) is 2.47. The molecule has 0 amide bonds. The van der Waals surface area contributed by atoms with Crippen LogP contribution in [-0.2, 0) is 10.0 Å². The van der Waals surface area contributed by atoms with Crippen LogP contribution in [0.15, 0.2) is 17.0 Å². The molecule has 4 N–H and O–H groups in total. The van der Waals surface area contributed by atoms with E-state index >= 15 is 0 Å². The van der Waals surface area contributed by atoms with Gasteiger partial charge in [0.15, 0.2) is 0 Å². The van der Waals surface area contributed by atoms with E-state index in [0.717, 1.165) is 5.56 Å². The number of rotatable bonds is 7. The second kappa shape index (κ2) is 6.64. The first-order chi connectivity index (χ1) is 9.75. The minimum absolute atomic E-state index is 0.0205. The van der Waals surface area contributed by atoms with Gasteiger partial charge in [-0.25, -0.2) is 13.1 Å². The quantitative estimate of drug-likeness (QED) is 0.660. The average molecular weight is 316 g/mol. The van der Waals surface area contributed by atoms with E-state index in [9.17, 15) is 13.5 Å². The number of anilines is 1. The van der Waals surface area contributed by atoms with Gasteiger partial charge in [0, 0.05) is 5.69 Å². The molecule has 0 aliphatic rings. The zero-order valence-corrected chi connectivity index (χ0v) is 13.8. The maximum Gasteiger partial charge on any atom is 0.244 e. The van der Waals surface area contributed by atoms with E-state index in [2.05, 4.69) is 4.72 Å². The Kier molecular flexibility index (Phi) is 5.61. The molecule has 21 heavy (non-hydrogen) atoms.